The van der Waals surface area contributed by atoms with Crippen molar-refractivity contribution < 1.29 is 18.1 Å². The fraction of sp³-hybridized carbons (Fsp3) is 0.350. The molecule has 0 unspecified atom stereocenters. The Morgan fingerprint density at radius 1 is 1.10 bits per heavy atom. The molecule has 1 aliphatic carbocycles. The van der Waals surface area contributed by atoms with Crippen molar-refractivity contribution in [2.75, 3.05) is 11.8 Å². The number of nitrogens with zero attached hydrogens (tertiary/aromatic N) is 2. The predicted octanol–water partition coefficient (Wildman–Crippen LogP) is 3.80. The Morgan fingerprint density at radius 2 is 1.79 bits per heavy atom. The highest BCUT2D eigenvalue weighted by Gasteiger charge is 2.26. The van der Waals surface area contributed by atoms with Crippen LogP contribution in [0.4, 0.5) is 11.4 Å². The molecule has 2 aromatic carbocycles. The first-order chi connectivity index (χ1) is 13.8. The molecule has 0 bridgehead atoms. The van der Waals surface area contributed by atoms with Gasteiger partial charge in [-0.15, -0.1) is 0 Å². The van der Waals surface area contributed by atoms with Gasteiger partial charge in [-0.3, -0.25) is 19.6 Å². The summed E-state index contributed by atoms with van der Waals surface area (Å²) in [5.41, 5.74) is 0.0653. The lowest BCUT2D eigenvalue weighted by atomic mass is 9.94. The number of nitro benzene ring substituents is 1. The van der Waals surface area contributed by atoms with Crippen LogP contribution in [0.15, 0.2) is 53.4 Å². The lowest BCUT2D eigenvalue weighted by Crippen LogP contribution is -2.38. The number of sulfonamides is 1. The van der Waals surface area contributed by atoms with Crippen molar-refractivity contribution >= 4 is 27.3 Å². The molecule has 154 valence electrons. The molecule has 0 atom stereocenters. The molecule has 1 amide bonds. The number of anilines is 1. The van der Waals surface area contributed by atoms with E-state index in [0.717, 1.165) is 38.2 Å². The lowest BCUT2D eigenvalue weighted by Gasteiger charge is -2.31. The lowest BCUT2D eigenvalue weighted by molar-refractivity contribution is -0.385. The minimum atomic E-state index is -4.10. The third kappa shape index (κ3) is 4.73. The largest absolute Gasteiger partial charge is 0.339 e. The molecule has 0 aliphatic heterocycles. The minimum Gasteiger partial charge on any atom is -0.339 e. The van der Waals surface area contributed by atoms with E-state index in [1.807, 2.05) is 0 Å². The Bertz CT molecular complexity index is 1020. The van der Waals surface area contributed by atoms with Gasteiger partial charge in [-0.1, -0.05) is 37.5 Å². The summed E-state index contributed by atoms with van der Waals surface area (Å²) < 4.78 is 27.9. The molecule has 0 heterocycles. The smallest absolute Gasteiger partial charge is 0.270 e. The normalized spacial score (nSPS) is 14.9. The number of nitrogens with one attached hydrogen (secondary N) is 1. The van der Waals surface area contributed by atoms with E-state index in [9.17, 15) is 23.3 Å². The third-order valence-electron chi connectivity index (χ3n) is 5.18. The maximum absolute atomic E-state index is 13.0. The molecule has 1 fully saturated rings. The Kier molecular flexibility index (Phi) is 6.17. The van der Waals surface area contributed by atoms with Crippen molar-refractivity contribution in [2.45, 2.75) is 43.0 Å². The topological polar surface area (TPSA) is 110 Å². The van der Waals surface area contributed by atoms with E-state index < -0.39 is 14.9 Å². The number of hydrogen-bond donors (Lipinski definition) is 1. The molecule has 2 aromatic rings. The van der Waals surface area contributed by atoms with Crippen LogP contribution in [0.2, 0.25) is 0 Å². The fourth-order valence-corrected chi connectivity index (χ4v) is 4.67. The van der Waals surface area contributed by atoms with Crippen molar-refractivity contribution in [3.8, 4) is 0 Å². The summed E-state index contributed by atoms with van der Waals surface area (Å²) in [6.07, 6.45) is 5.18. The second kappa shape index (κ2) is 8.60. The zero-order valence-electron chi connectivity index (χ0n) is 16.1. The molecule has 3 rings (SSSR count). The molecule has 0 radical (unpaired) electrons. The molecule has 29 heavy (non-hydrogen) atoms. The monoisotopic (exact) mass is 417 g/mol. The molecule has 0 spiro atoms. The van der Waals surface area contributed by atoms with Gasteiger partial charge in [0.05, 0.1) is 21.1 Å². The van der Waals surface area contributed by atoms with Gasteiger partial charge in [0.15, 0.2) is 0 Å². The number of para-hydroxylation sites is 1. The molecule has 9 heteroatoms. The van der Waals surface area contributed by atoms with Crippen LogP contribution in [0.5, 0.6) is 0 Å². The molecule has 1 saturated carbocycles. The molecular formula is C20H23N3O5S. The number of carbonyl (C=O) groups is 1. The van der Waals surface area contributed by atoms with Gasteiger partial charge >= 0.3 is 0 Å². The highest BCUT2D eigenvalue weighted by Crippen LogP contribution is 2.27. The van der Waals surface area contributed by atoms with E-state index >= 15 is 0 Å². The average molecular weight is 417 g/mol. The van der Waals surface area contributed by atoms with E-state index in [2.05, 4.69) is 4.72 Å². The Hall–Kier alpha value is -2.94. The fourth-order valence-electron chi connectivity index (χ4n) is 3.55. The van der Waals surface area contributed by atoms with Crippen molar-refractivity contribution in [2.24, 2.45) is 0 Å². The second-order valence-electron chi connectivity index (χ2n) is 7.11. The average Bonchev–Trinajstić information content (AvgIpc) is 2.73. The van der Waals surface area contributed by atoms with Crippen LogP contribution in [-0.4, -0.2) is 37.2 Å². The van der Waals surface area contributed by atoms with Crippen LogP contribution in [0.1, 0.15) is 42.5 Å². The number of hydrogen-bond acceptors (Lipinski definition) is 5. The summed E-state index contributed by atoms with van der Waals surface area (Å²) in [6, 6.07) is 11.3. The van der Waals surface area contributed by atoms with E-state index in [1.165, 1.54) is 24.3 Å². The number of rotatable bonds is 6. The number of non-ortho nitro benzene ring substituents is 1. The highest BCUT2D eigenvalue weighted by molar-refractivity contribution is 7.92. The molecule has 8 nitrogen and oxygen atoms in total. The van der Waals surface area contributed by atoms with Gasteiger partial charge in [0.1, 0.15) is 0 Å². The van der Waals surface area contributed by atoms with Gasteiger partial charge in [0.25, 0.3) is 21.6 Å². The summed E-state index contributed by atoms with van der Waals surface area (Å²) in [6.45, 7) is 0. The first-order valence-corrected chi connectivity index (χ1v) is 10.9. The predicted molar refractivity (Wildman–Crippen MR) is 109 cm³/mol. The van der Waals surface area contributed by atoms with E-state index in [-0.39, 0.29) is 33.8 Å². The number of benzene rings is 2. The van der Waals surface area contributed by atoms with Gasteiger partial charge in [0.2, 0.25) is 0 Å². The highest BCUT2D eigenvalue weighted by atomic mass is 32.2. The maximum atomic E-state index is 13.0. The SMILES string of the molecule is CN(C(=O)c1ccccc1NS(=O)(=O)c1cccc([N+](=O)[O-])c1)C1CCCCC1. The maximum Gasteiger partial charge on any atom is 0.270 e. The van der Waals surface area contributed by atoms with Crippen LogP contribution >= 0.6 is 0 Å². The van der Waals surface area contributed by atoms with Crippen molar-refractivity contribution in [3.05, 3.63) is 64.2 Å². The van der Waals surface area contributed by atoms with Crippen molar-refractivity contribution in [1.82, 2.24) is 4.90 Å². The van der Waals surface area contributed by atoms with E-state index in [4.69, 9.17) is 0 Å². The Balaban J connectivity index is 1.87. The standard InChI is InChI=1S/C20H23N3O5S/c1-22(15-8-3-2-4-9-15)20(24)18-12-5-6-13-19(18)21-29(27,28)17-11-7-10-16(14-17)23(25)26/h5-7,10-15,21H,2-4,8-9H2,1H3. The number of nitro groups is 1. The summed E-state index contributed by atoms with van der Waals surface area (Å²) in [7, 11) is -2.36. The quantitative estimate of drug-likeness (QED) is 0.568. The van der Waals surface area contributed by atoms with Gasteiger partial charge in [0, 0.05) is 25.2 Å². The summed E-state index contributed by atoms with van der Waals surface area (Å²) >= 11 is 0. The first kappa shape index (κ1) is 20.8. The summed E-state index contributed by atoms with van der Waals surface area (Å²) in [4.78, 5) is 24.8. The van der Waals surface area contributed by atoms with Gasteiger partial charge in [-0.25, -0.2) is 8.42 Å². The Labute approximate surface area is 169 Å². The zero-order valence-corrected chi connectivity index (χ0v) is 16.9. The minimum absolute atomic E-state index is 0.137. The van der Waals surface area contributed by atoms with Crippen LogP contribution in [0, 0.1) is 10.1 Å². The second-order valence-corrected chi connectivity index (χ2v) is 8.80. The molecule has 1 aliphatic rings. The third-order valence-corrected chi connectivity index (χ3v) is 6.55. The first-order valence-electron chi connectivity index (χ1n) is 9.43. The molecule has 0 saturated heterocycles. The van der Waals surface area contributed by atoms with Crippen LogP contribution < -0.4 is 4.72 Å². The van der Waals surface area contributed by atoms with Crippen LogP contribution in [-0.2, 0) is 10.0 Å². The van der Waals surface area contributed by atoms with Crippen molar-refractivity contribution in [1.29, 1.82) is 0 Å². The van der Waals surface area contributed by atoms with Crippen LogP contribution in [0.3, 0.4) is 0 Å². The van der Waals surface area contributed by atoms with E-state index in [0.29, 0.717) is 0 Å². The molecule has 1 N–H and O–H groups in total. The summed E-state index contributed by atoms with van der Waals surface area (Å²) in [5.74, 6) is -0.255. The van der Waals surface area contributed by atoms with Gasteiger partial charge in [-0.05, 0) is 31.0 Å². The Morgan fingerprint density at radius 3 is 2.48 bits per heavy atom. The molecule has 0 aromatic heterocycles. The summed E-state index contributed by atoms with van der Waals surface area (Å²) in [5, 5.41) is 10.9. The van der Waals surface area contributed by atoms with Gasteiger partial charge < -0.3 is 4.90 Å². The molecular weight excluding hydrogens is 394 g/mol. The van der Waals surface area contributed by atoms with Crippen molar-refractivity contribution in [3.63, 3.8) is 0 Å². The van der Waals surface area contributed by atoms with E-state index in [1.54, 1.807) is 30.1 Å². The number of carbonyl (C=O) groups excluding carboxylic acids is 1. The van der Waals surface area contributed by atoms with Crippen LogP contribution in [0.25, 0.3) is 0 Å². The van der Waals surface area contributed by atoms with Gasteiger partial charge in [-0.2, -0.15) is 0 Å². The zero-order chi connectivity index (χ0) is 21.0. The number of amides is 1.